The van der Waals surface area contributed by atoms with Crippen molar-refractivity contribution in [1.29, 1.82) is 0 Å². The molecular formula is C22H17ClN4O4. The fourth-order valence-corrected chi connectivity index (χ4v) is 3.21. The zero-order valence-corrected chi connectivity index (χ0v) is 16.9. The number of amides is 1. The first kappa shape index (κ1) is 20.4. The molecule has 0 saturated heterocycles. The van der Waals surface area contributed by atoms with Gasteiger partial charge in [-0.3, -0.25) is 14.9 Å². The molecule has 0 aliphatic carbocycles. The van der Waals surface area contributed by atoms with Crippen LogP contribution in [0.4, 0.5) is 5.69 Å². The topological polar surface area (TPSA) is 110 Å². The molecule has 0 spiro atoms. The van der Waals surface area contributed by atoms with E-state index in [1.807, 2.05) is 24.3 Å². The van der Waals surface area contributed by atoms with E-state index in [1.165, 1.54) is 18.2 Å². The summed E-state index contributed by atoms with van der Waals surface area (Å²) in [5.74, 6) is 0.997. The van der Waals surface area contributed by atoms with Crippen LogP contribution >= 0.6 is 11.6 Å². The van der Waals surface area contributed by atoms with Crippen molar-refractivity contribution in [3.8, 4) is 11.5 Å². The lowest BCUT2D eigenvalue weighted by atomic mass is 10.2. The summed E-state index contributed by atoms with van der Waals surface area (Å²) in [5.41, 5.74) is 2.06. The Balaban J connectivity index is 1.35. The molecule has 0 aliphatic rings. The molecule has 2 N–H and O–H groups in total. The first-order chi connectivity index (χ1) is 15.0. The van der Waals surface area contributed by atoms with Gasteiger partial charge in [0.2, 0.25) is 5.75 Å². The highest BCUT2D eigenvalue weighted by Gasteiger charge is 2.16. The van der Waals surface area contributed by atoms with Crippen molar-refractivity contribution in [3.63, 3.8) is 0 Å². The van der Waals surface area contributed by atoms with E-state index in [2.05, 4.69) is 15.3 Å². The second-order valence-electron chi connectivity index (χ2n) is 6.70. The van der Waals surface area contributed by atoms with Gasteiger partial charge in [-0.15, -0.1) is 0 Å². The van der Waals surface area contributed by atoms with Crippen molar-refractivity contribution in [2.45, 2.75) is 6.42 Å². The van der Waals surface area contributed by atoms with Gasteiger partial charge in [0.1, 0.15) is 11.6 Å². The van der Waals surface area contributed by atoms with Crippen LogP contribution in [0.25, 0.3) is 11.0 Å². The van der Waals surface area contributed by atoms with Gasteiger partial charge in [0.15, 0.2) is 0 Å². The number of ether oxygens (including phenoxy) is 1. The van der Waals surface area contributed by atoms with Gasteiger partial charge in [-0.2, -0.15) is 0 Å². The maximum Gasteiger partial charge on any atom is 0.313 e. The minimum absolute atomic E-state index is 0.0671. The summed E-state index contributed by atoms with van der Waals surface area (Å²) >= 11 is 5.81. The number of nitro benzene ring substituents is 1. The lowest BCUT2D eigenvalue weighted by Gasteiger charge is -2.08. The zero-order chi connectivity index (χ0) is 21.8. The zero-order valence-electron chi connectivity index (χ0n) is 16.2. The maximum absolute atomic E-state index is 12.4. The predicted molar refractivity (Wildman–Crippen MR) is 117 cm³/mol. The van der Waals surface area contributed by atoms with Gasteiger partial charge in [-0.1, -0.05) is 23.7 Å². The Morgan fingerprint density at radius 2 is 1.90 bits per heavy atom. The third-order valence-corrected chi connectivity index (χ3v) is 4.78. The van der Waals surface area contributed by atoms with Crippen molar-refractivity contribution < 1.29 is 14.5 Å². The van der Waals surface area contributed by atoms with Gasteiger partial charge in [0.05, 0.1) is 16.0 Å². The summed E-state index contributed by atoms with van der Waals surface area (Å²) in [6, 6.07) is 18.2. The van der Waals surface area contributed by atoms with Gasteiger partial charge in [0, 0.05) is 29.6 Å². The molecule has 0 atom stereocenters. The molecule has 0 saturated carbocycles. The molecule has 1 amide bonds. The minimum Gasteiger partial charge on any atom is -0.450 e. The normalized spacial score (nSPS) is 10.7. The number of nitrogens with one attached hydrogen (secondary N) is 2. The van der Waals surface area contributed by atoms with Crippen molar-refractivity contribution in [2.75, 3.05) is 6.54 Å². The highest BCUT2D eigenvalue weighted by Crippen LogP contribution is 2.33. The molecule has 1 aromatic heterocycles. The van der Waals surface area contributed by atoms with Crippen LogP contribution < -0.4 is 10.1 Å². The molecule has 0 unspecified atom stereocenters. The quantitative estimate of drug-likeness (QED) is 0.316. The average molecular weight is 437 g/mol. The van der Waals surface area contributed by atoms with Gasteiger partial charge in [-0.25, -0.2) is 4.98 Å². The lowest BCUT2D eigenvalue weighted by molar-refractivity contribution is -0.385. The van der Waals surface area contributed by atoms with Crippen molar-refractivity contribution in [3.05, 3.63) is 93.3 Å². The number of fused-ring (bicyclic) bond motifs is 1. The van der Waals surface area contributed by atoms with Crippen molar-refractivity contribution in [1.82, 2.24) is 15.3 Å². The van der Waals surface area contributed by atoms with Crippen LogP contribution in [0.15, 0.2) is 66.7 Å². The van der Waals surface area contributed by atoms with Crippen LogP contribution in [-0.4, -0.2) is 27.3 Å². The van der Waals surface area contributed by atoms with Crippen LogP contribution in [0.2, 0.25) is 5.02 Å². The Bertz CT molecular complexity index is 1220. The number of aromatic nitrogens is 2. The number of benzene rings is 3. The number of para-hydroxylation sites is 2. The maximum atomic E-state index is 12.4. The van der Waals surface area contributed by atoms with Crippen LogP contribution in [-0.2, 0) is 6.42 Å². The van der Waals surface area contributed by atoms with Crippen LogP contribution in [0.5, 0.6) is 11.5 Å². The number of aromatic amines is 1. The largest absolute Gasteiger partial charge is 0.450 e. The summed E-state index contributed by atoms with van der Waals surface area (Å²) in [6.45, 7) is 0.424. The molecule has 0 bridgehead atoms. The summed E-state index contributed by atoms with van der Waals surface area (Å²) in [7, 11) is 0. The minimum atomic E-state index is -0.564. The predicted octanol–water partition coefficient (Wildman–Crippen LogP) is 4.89. The molecule has 0 fully saturated rings. The molecule has 3 aromatic carbocycles. The Kier molecular flexibility index (Phi) is 5.81. The van der Waals surface area contributed by atoms with E-state index in [0.717, 1.165) is 16.9 Å². The van der Waals surface area contributed by atoms with E-state index < -0.39 is 4.92 Å². The molecule has 156 valence electrons. The molecule has 4 aromatic rings. The smallest absolute Gasteiger partial charge is 0.313 e. The number of halogens is 1. The molecule has 4 rings (SSSR count). The number of imidazole rings is 1. The summed E-state index contributed by atoms with van der Waals surface area (Å²) in [5, 5.41) is 14.3. The number of carbonyl (C=O) groups is 1. The summed E-state index contributed by atoms with van der Waals surface area (Å²) < 4.78 is 5.58. The second kappa shape index (κ2) is 8.85. The lowest BCUT2D eigenvalue weighted by Crippen LogP contribution is -2.25. The summed E-state index contributed by atoms with van der Waals surface area (Å²) in [4.78, 5) is 30.7. The number of nitro groups is 1. The number of H-pyrrole nitrogens is 1. The standard InChI is InChI=1S/C22H17ClN4O4/c23-15-7-10-20(19(13-15)27(29)30)31-16-8-5-14(6-9-16)22(28)24-12-11-21-25-17-3-1-2-4-18(17)26-21/h1-10,13H,11-12H2,(H,24,28)(H,25,26). The van der Waals surface area contributed by atoms with Crippen molar-refractivity contribution >= 4 is 34.2 Å². The van der Waals surface area contributed by atoms with Gasteiger partial charge >= 0.3 is 5.69 Å². The Hall–Kier alpha value is -3.91. The van der Waals surface area contributed by atoms with Gasteiger partial charge in [-0.05, 0) is 48.5 Å². The SMILES string of the molecule is O=C(NCCc1nc2ccccc2[nH]1)c1ccc(Oc2ccc(Cl)cc2[N+](=O)[O-])cc1. The number of nitrogens with zero attached hydrogens (tertiary/aromatic N) is 2. The number of hydrogen-bond acceptors (Lipinski definition) is 5. The molecular weight excluding hydrogens is 420 g/mol. The van der Waals surface area contributed by atoms with E-state index in [0.29, 0.717) is 24.3 Å². The molecule has 1 heterocycles. The third-order valence-electron chi connectivity index (χ3n) is 4.55. The van der Waals surface area contributed by atoms with Gasteiger partial charge < -0.3 is 15.0 Å². The number of hydrogen-bond donors (Lipinski definition) is 2. The van der Waals surface area contributed by atoms with E-state index in [9.17, 15) is 14.9 Å². The van der Waals surface area contributed by atoms with Crippen LogP contribution in [0.3, 0.4) is 0 Å². The second-order valence-corrected chi connectivity index (χ2v) is 7.14. The Morgan fingerprint density at radius 3 is 2.65 bits per heavy atom. The first-order valence-electron chi connectivity index (χ1n) is 9.43. The van der Waals surface area contributed by atoms with E-state index in [-0.39, 0.29) is 22.4 Å². The fraction of sp³-hybridized carbons (Fsp3) is 0.0909. The highest BCUT2D eigenvalue weighted by molar-refractivity contribution is 6.30. The first-order valence-corrected chi connectivity index (χ1v) is 9.81. The van der Waals surface area contributed by atoms with E-state index in [1.54, 1.807) is 24.3 Å². The van der Waals surface area contributed by atoms with Gasteiger partial charge in [0.25, 0.3) is 5.91 Å². The Morgan fingerprint density at radius 1 is 1.13 bits per heavy atom. The monoisotopic (exact) mass is 436 g/mol. The molecule has 0 radical (unpaired) electrons. The van der Waals surface area contributed by atoms with Crippen molar-refractivity contribution in [2.24, 2.45) is 0 Å². The average Bonchev–Trinajstić information content (AvgIpc) is 3.18. The number of carbonyl (C=O) groups excluding carboxylic acids is 1. The van der Waals surface area contributed by atoms with E-state index >= 15 is 0 Å². The van der Waals surface area contributed by atoms with Crippen LogP contribution in [0, 0.1) is 10.1 Å². The fourth-order valence-electron chi connectivity index (χ4n) is 3.04. The number of rotatable bonds is 7. The Labute approximate surface area is 182 Å². The summed E-state index contributed by atoms with van der Waals surface area (Å²) in [6.07, 6.45) is 0.571. The molecule has 8 nitrogen and oxygen atoms in total. The molecule has 0 aliphatic heterocycles. The molecule has 9 heteroatoms. The van der Waals surface area contributed by atoms with Crippen LogP contribution in [0.1, 0.15) is 16.2 Å². The van der Waals surface area contributed by atoms with E-state index in [4.69, 9.17) is 16.3 Å². The highest BCUT2D eigenvalue weighted by atomic mass is 35.5. The molecule has 31 heavy (non-hydrogen) atoms. The third kappa shape index (κ3) is 4.81.